The van der Waals surface area contributed by atoms with Crippen LogP contribution in [0.2, 0.25) is 0 Å². The smallest absolute Gasteiger partial charge is 0.166 e. The minimum atomic E-state index is 0.856. The molecular weight excluding hydrogens is 162 g/mol. The van der Waals surface area contributed by atoms with Gasteiger partial charge in [-0.05, 0) is 12.0 Å². The second-order valence-corrected chi connectivity index (χ2v) is 3.21. The minimum absolute atomic E-state index is 0.856. The van der Waals surface area contributed by atoms with Gasteiger partial charge < -0.3 is 4.74 Å². The molecule has 1 aliphatic heterocycles. The first kappa shape index (κ1) is 8.73. The van der Waals surface area contributed by atoms with Gasteiger partial charge in [-0.2, -0.15) is 0 Å². The van der Waals surface area contributed by atoms with Crippen molar-refractivity contribution in [2.75, 3.05) is 13.2 Å². The molecule has 0 atom stereocenters. The molecule has 1 heterocycles. The molecule has 2 rings (SSSR count). The van der Waals surface area contributed by atoms with Crippen molar-refractivity contribution in [3.63, 3.8) is 0 Å². The Labute approximate surface area is 78.9 Å². The van der Waals surface area contributed by atoms with E-state index in [0.717, 1.165) is 32.2 Å². The first-order valence-electron chi connectivity index (χ1n) is 4.71. The summed E-state index contributed by atoms with van der Waals surface area (Å²) in [6.07, 6.45) is 3.01. The summed E-state index contributed by atoms with van der Waals surface area (Å²) in [7, 11) is 0. The third-order valence-corrected chi connectivity index (χ3v) is 2.13. The van der Waals surface area contributed by atoms with Crippen molar-refractivity contribution in [3.8, 4) is 0 Å². The first-order valence-corrected chi connectivity index (χ1v) is 4.71. The normalized spacial score (nSPS) is 18.8. The molecule has 0 bridgehead atoms. The Kier molecular flexibility index (Phi) is 2.95. The van der Waals surface area contributed by atoms with E-state index in [9.17, 15) is 0 Å². The zero-order valence-electron chi connectivity index (χ0n) is 7.62. The highest BCUT2D eigenvalue weighted by molar-refractivity contribution is 5.17. The Morgan fingerprint density at radius 3 is 2.77 bits per heavy atom. The molecular formula is C11H14NO. The van der Waals surface area contributed by atoms with Gasteiger partial charge in [0.05, 0.1) is 6.61 Å². The summed E-state index contributed by atoms with van der Waals surface area (Å²) in [5.74, 6) is 0. The number of nitrogens with one attached hydrogen (secondary N) is 1. The van der Waals surface area contributed by atoms with Crippen LogP contribution in [-0.2, 0) is 11.2 Å². The predicted octanol–water partition coefficient (Wildman–Crippen LogP) is 1.73. The number of hydrogen-bond donors (Lipinski definition) is 1. The molecule has 1 aromatic carbocycles. The summed E-state index contributed by atoms with van der Waals surface area (Å²) in [4.78, 5) is 0. The first-order chi connectivity index (χ1) is 6.45. The maximum atomic E-state index is 5.49. The molecule has 0 unspecified atom stereocenters. The van der Waals surface area contributed by atoms with E-state index in [2.05, 4.69) is 29.6 Å². The highest BCUT2D eigenvalue weighted by atomic mass is 16.5. The van der Waals surface area contributed by atoms with Crippen LogP contribution in [0.5, 0.6) is 0 Å². The number of hydrogen-bond acceptors (Lipinski definition) is 2. The van der Waals surface area contributed by atoms with Crippen LogP contribution in [0.15, 0.2) is 30.3 Å². The summed E-state index contributed by atoms with van der Waals surface area (Å²) < 4.78 is 5.49. The van der Waals surface area contributed by atoms with Gasteiger partial charge in [0.25, 0.3) is 0 Å². The van der Waals surface area contributed by atoms with Crippen LogP contribution in [-0.4, -0.2) is 13.2 Å². The van der Waals surface area contributed by atoms with E-state index in [-0.39, 0.29) is 0 Å². The van der Waals surface area contributed by atoms with Crippen LogP contribution < -0.4 is 5.32 Å². The summed E-state index contributed by atoms with van der Waals surface area (Å²) >= 11 is 0. The molecule has 0 aliphatic carbocycles. The second-order valence-electron chi connectivity index (χ2n) is 3.21. The molecule has 1 radical (unpaired) electrons. The maximum absolute atomic E-state index is 5.49. The maximum Gasteiger partial charge on any atom is 0.166 e. The molecule has 2 heteroatoms. The quantitative estimate of drug-likeness (QED) is 0.741. The molecule has 0 amide bonds. The molecule has 0 aromatic heterocycles. The summed E-state index contributed by atoms with van der Waals surface area (Å²) in [6.45, 7) is 1.90. The minimum Gasteiger partial charge on any atom is -0.356 e. The lowest BCUT2D eigenvalue weighted by atomic mass is 10.1. The topological polar surface area (TPSA) is 21.3 Å². The Hall–Kier alpha value is -0.860. The average molecular weight is 176 g/mol. The largest absolute Gasteiger partial charge is 0.356 e. The third kappa shape index (κ3) is 2.54. The van der Waals surface area contributed by atoms with Gasteiger partial charge in [0.1, 0.15) is 0 Å². The van der Waals surface area contributed by atoms with Crippen LogP contribution in [0.3, 0.4) is 0 Å². The molecule has 1 aromatic rings. The molecule has 1 N–H and O–H groups in total. The van der Waals surface area contributed by atoms with Gasteiger partial charge in [-0.3, -0.25) is 5.32 Å². The molecule has 0 saturated carbocycles. The number of benzene rings is 1. The van der Waals surface area contributed by atoms with Gasteiger partial charge in [-0.15, -0.1) is 0 Å². The standard InChI is InChI=1S/C11H14NO/c1-2-5-10(6-3-1)9-11-12-7-4-8-13-11/h1-3,5-6,12H,4,7-9H2. The monoisotopic (exact) mass is 176 g/mol. The van der Waals surface area contributed by atoms with Gasteiger partial charge in [0.2, 0.25) is 0 Å². The molecule has 2 nitrogen and oxygen atoms in total. The Bertz CT molecular complexity index is 242. The molecule has 1 aliphatic rings. The van der Waals surface area contributed by atoms with E-state index in [1.165, 1.54) is 5.56 Å². The Morgan fingerprint density at radius 1 is 1.23 bits per heavy atom. The predicted molar refractivity (Wildman–Crippen MR) is 52.0 cm³/mol. The van der Waals surface area contributed by atoms with Crippen LogP contribution in [0.25, 0.3) is 0 Å². The zero-order valence-corrected chi connectivity index (χ0v) is 7.62. The molecule has 1 saturated heterocycles. The van der Waals surface area contributed by atoms with E-state index in [4.69, 9.17) is 4.74 Å². The van der Waals surface area contributed by atoms with Crippen LogP contribution in [0.4, 0.5) is 0 Å². The lowest BCUT2D eigenvalue weighted by Crippen LogP contribution is -2.32. The molecule has 13 heavy (non-hydrogen) atoms. The van der Waals surface area contributed by atoms with Crippen LogP contribution in [0.1, 0.15) is 12.0 Å². The fourth-order valence-corrected chi connectivity index (χ4v) is 1.44. The molecule has 0 spiro atoms. The van der Waals surface area contributed by atoms with Crippen molar-refractivity contribution in [1.29, 1.82) is 0 Å². The van der Waals surface area contributed by atoms with Crippen molar-refractivity contribution in [2.45, 2.75) is 12.8 Å². The van der Waals surface area contributed by atoms with Crippen molar-refractivity contribution in [2.24, 2.45) is 0 Å². The third-order valence-electron chi connectivity index (χ3n) is 2.13. The fraction of sp³-hybridized carbons (Fsp3) is 0.364. The van der Waals surface area contributed by atoms with Crippen molar-refractivity contribution >= 4 is 0 Å². The summed E-state index contributed by atoms with van der Waals surface area (Å²) in [5.41, 5.74) is 1.30. The van der Waals surface area contributed by atoms with E-state index >= 15 is 0 Å². The Morgan fingerprint density at radius 2 is 2.08 bits per heavy atom. The van der Waals surface area contributed by atoms with Gasteiger partial charge in [0.15, 0.2) is 6.23 Å². The van der Waals surface area contributed by atoms with Gasteiger partial charge in [-0.25, -0.2) is 0 Å². The summed E-state index contributed by atoms with van der Waals surface area (Å²) in [5, 5.41) is 3.26. The lowest BCUT2D eigenvalue weighted by molar-refractivity contribution is 0.0859. The number of rotatable bonds is 2. The second kappa shape index (κ2) is 4.40. The van der Waals surface area contributed by atoms with Crippen molar-refractivity contribution in [1.82, 2.24) is 5.32 Å². The van der Waals surface area contributed by atoms with Crippen molar-refractivity contribution in [3.05, 3.63) is 42.1 Å². The van der Waals surface area contributed by atoms with Crippen LogP contribution >= 0.6 is 0 Å². The van der Waals surface area contributed by atoms with Gasteiger partial charge >= 0.3 is 0 Å². The van der Waals surface area contributed by atoms with E-state index in [1.807, 2.05) is 6.07 Å². The zero-order chi connectivity index (χ0) is 8.93. The Balaban J connectivity index is 1.90. The van der Waals surface area contributed by atoms with Gasteiger partial charge in [-0.1, -0.05) is 30.3 Å². The van der Waals surface area contributed by atoms with Crippen molar-refractivity contribution < 1.29 is 4.74 Å². The van der Waals surface area contributed by atoms with E-state index in [1.54, 1.807) is 0 Å². The lowest BCUT2D eigenvalue weighted by Gasteiger charge is -2.22. The summed E-state index contributed by atoms with van der Waals surface area (Å²) in [6, 6.07) is 10.4. The van der Waals surface area contributed by atoms with Crippen LogP contribution in [0, 0.1) is 6.23 Å². The molecule has 1 fully saturated rings. The highest BCUT2D eigenvalue weighted by Gasteiger charge is 2.14. The van der Waals surface area contributed by atoms with E-state index < -0.39 is 0 Å². The average Bonchev–Trinajstić information content (AvgIpc) is 2.21. The van der Waals surface area contributed by atoms with E-state index in [0.29, 0.717) is 0 Å². The van der Waals surface area contributed by atoms with Gasteiger partial charge in [0, 0.05) is 13.0 Å². The fourth-order valence-electron chi connectivity index (χ4n) is 1.44. The highest BCUT2D eigenvalue weighted by Crippen LogP contribution is 2.12. The molecule has 69 valence electrons. The number of ether oxygens (including phenoxy) is 1. The SMILES string of the molecule is c1ccc(C[C]2NCCCO2)cc1.